The Morgan fingerprint density at radius 3 is 1.34 bits per heavy atom. The van der Waals surface area contributed by atoms with Crippen LogP contribution in [-0.2, 0) is 6.54 Å². The molecule has 4 aromatic carbocycles. The van der Waals surface area contributed by atoms with E-state index in [1.165, 1.54) is 21.5 Å². The molecule has 0 amide bonds. The van der Waals surface area contributed by atoms with Crippen molar-refractivity contribution in [1.82, 2.24) is 9.55 Å². The van der Waals surface area contributed by atoms with E-state index in [2.05, 4.69) is 113 Å². The normalized spacial score (nSPS) is 10.0. The molecule has 0 spiro atoms. The number of hydrogen-bond donors (Lipinski definition) is 0. The van der Waals surface area contributed by atoms with Crippen LogP contribution in [0.2, 0.25) is 0 Å². The van der Waals surface area contributed by atoms with Crippen molar-refractivity contribution < 1.29 is 0 Å². The van der Waals surface area contributed by atoms with Gasteiger partial charge in [-0.3, -0.25) is 0 Å². The van der Waals surface area contributed by atoms with Gasteiger partial charge in [-0.1, -0.05) is 121 Å². The molecule has 32 heavy (non-hydrogen) atoms. The molecular weight excluding hydrogens is 431 g/mol. The summed E-state index contributed by atoms with van der Waals surface area (Å²) in [6.45, 7) is 0.904. The number of imidazole rings is 1. The molecule has 0 aliphatic carbocycles. The van der Waals surface area contributed by atoms with Gasteiger partial charge in [0.25, 0.3) is 0 Å². The van der Waals surface area contributed by atoms with Crippen molar-refractivity contribution in [2.45, 2.75) is 6.54 Å². The Morgan fingerprint density at radius 2 is 0.969 bits per heavy atom. The average Bonchev–Trinajstić information content (AvgIpc) is 3.36. The lowest BCUT2D eigenvalue weighted by Crippen LogP contribution is -2.20. The van der Waals surface area contributed by atoms with Crippen LogP contribution in [0.1, 0.15) is 5.56 Å². The number of hydrogen-bond acceptors (Lipinski definition) is 1. The Morgan fingerprint density at radius 1 is 0.562 bits per heavy atom. The van der Waals surface area contributed by atoms with E-state index in [9.17, 15) is 0 Å². The third kappa shape index (κ3) is 6.65. The van der Waals surface area contributed by atoms with E-state index < -0.39 is 7.92 Å². The first-order chi connectivity index (χ1) is 15.4. The van der Waals surface area contributed by atoms with E-state index in [0.29, 0.717) is 0 Å². The molecule has 0 fully saturated rings. The molecule has 5 rings (SSSR count). The predicted octanol–water partition coefficient (Wildman–Crippen LogP) is 5.80. The smallest absolute Gasteiger partial charge is 0.0949 e. The van der Waals surface area contributed by atoms with Gasteiger partial charge in [0.2, 0.25) is 0 Å². The lowest BCUT2D eigenvalue weighted by atomic mass is 10.2. The number of halogens is 1. The highest BCUT2D eigenvalue weighted by atomic mass is 35.5. The molecule has 4 heteroatoms. The lowest BCUT2D eigenvalue weighted by Gasteiger charge is -2.18. The van der Waals surface area contributed by atoms with E-state index in [1.807, 2.05) is 30.7 Å². The van der Waals surface area contributed by atoms with E-state index in [0.717, 1.165) is 6.54 Å². The van der Waals surface area contributed by atoms with Crippen molar-refractivity contribution in [2.75, 3.05) is 0 Å². The fourth-order valence-electron chi connectivity index (χ4n) is 3.35. The molecular formula is C28H26ClN2P. The van der Waals surface area contributed by atoms with E-state index in [1.54, 1.807) is 6.20 Å². The summed E-state index contributed by atoms with van der Waals surface area (Å²) in [5.41, 5.74) is 1.30. The Hall–Kier alpha value is -3.19. The molecule has 160 valence electrons. The minimum atomic E-state index is -0.446. The first-order valence-electron chi connectivity index (χ1n) is 10.3. The summed E-state index contributed by atoms with van der Waals surface area (Å²) in [6, 6.07) is 42.7. The van der Waals surface area contributed by atoms with E-state index in [-0.39, 0.29) is 12.4 Å². The molecule has 0 bridgehead atoms. The molecule has 0 radical (unpaired) electrons. The van der Waals surface area contributed by atoms with Crippen molar-refractivity contribution in [3.05, 3.63) is 146 Å². The highest BCUT2D eigenvalue weighted by Crippen LogP contribution is 2.32. The second-order valence-electron chi connectivity index (χ2n) is 7.06. The van der Waals surface area contributed by atoms with Crippen molar-refractivity contribution in [2.24, 2.45) is 0 Å². The van der Waals surface area contributed by atoms with Gasteiger partial charge in [-0.15, -0.1) is 12.4 Å². The molecule has 0 N–H and O–H groups in total. The molecule has 0 saturated heterocycles. The van der Waals surface area contributed by atoms with Gasteiger partial charge < -0.3 is 4.57 Å². The van der Waals surface area contributed by atoms with Crippen LogP contribution in [0.25, 0.3) is 0 Å². The molecule has 0 atom stereocenters. The molecule has 5 aromatic rings. The minimum absolute atomic E-state index is 0. The van der Waals surface area contributed by atoms with Gasteiger partial charge in [-0.05, 0) is 29.4 Å². The first-order valence-corrected chi connectivity index (χ1v) is 11.7. The Balaban J connectivity index is 0.000000193. The van der Waals surface area contributed by atoms with Gasteiger partial charge in [-0.2, -0.15) is 0 Å². The SMILES string of the molecule is Cl.c1ccc(Cn2ccnc2)cc1.c1ccc(P(c2ccccc2)c2ccccc2)cc1. The van der Waals surface area contributed by atoms with Gasteiger partial charge in [-0.25, -0.2) is 4.98 Å². The molecule has 1 aromatic heterocycles. The summed E-state index contributed by atoms with van der Waals surface area (Å²) in [4.78, 5) is 3.98. The zero-order valence-electron chi connectivity index (χ0n) is 17.7. The van der Waals surface area contributed by atoms with Crippen LogP contribution in [0.4, 0.5) is 0 Å². The summed E-state index contributed by atoms with van der Waals surface area (Å²) < 4.78 is 2.05. The first kappa shape index (κ1) is 23.5. The van der Waals surface area contributed by atoms with Crippen LogP contribution in [-0.4, -0.2) is 9.55 Å². The maximum atomic E-state index is 3.98. The number of rotatable bonds is 5. The van der Waals surface area contributed by atoms with Crippen LogP contribution >= 0.6 is 20.3 Å². The monoisotopic (exact) mass is 456 g/mol. The van der Waals surface area contributed by atoms with Gasteiger partial charge in [0, 0.05) is 18.9 Å². The Labute approximate surface area is 197 Å². The van der Waals surface area contributed by atoms with Crippen molar-refractivity contribution in [1.29, 1.82) is 0 Å². The topological polar surface area (TPSA) is 17.8 Å². The van der Waals surface area contributed by atoms with Crippen molar-refractivity contribution in [3.8, 4) is 0 Å². The van der Waals surface area contributed by atoms with Crippen molar-refractivity contribution >= 4 is 36.2 Å². The average molecular weight is 457 g/mol. The lowest BCUT2D eigenvalue weighted by molar-refractivity contribution is 0.797. The third-order valence-corrected chi connectivity index (χ3v) is 7.25. The Kier molecular flexibility index (Phi) is 9.25. The zero-order valence-corrected chi connectivity index (χ0v) is 19.4. The van der Waals surface area contributed by atoms with Crippen LogP contribution in [0.5, 0.6) is 0 Å². The summed E-state index contributed by atoms with van der Waals surface area (Å²) in [5, 5.41) is 4.19. The third-order valence-electron chi connectivity index (χ3n) is 4.81. The minimum Gasteiger partial charge on any atom is -0.333 e. The summed E-state index contributed by atoms with van der Waals surface area (Å²) in [5.74, 6) is 0. The molecule has 0 unspecified atom stereocenters. The largest absolute Gasteiger partial charge is 0.333 e. The highest BCUT2D eigenvalue weighted by molar-refractivity contribution is 7.79. The molecule has 0 saturated carbocycles. The fraction of sp³-hybridized carbons (Fsp3) is 0.0357. The van der Waals surface area contributed by atoms with Crippen molar-refractivity contribution in [3.63, 3.8) is 0 Å². The summed E-state index contributed by atoms with van der Waals surface area (Å²) >= 11 is 0. The number of aromatic nitrogens is 2. The maximum Gasteiger partial charge on any atom is 0.0949 e. The van der Waals surface area contributed by atoms with Crippen LogP contribution in [0, 0.1) is 0 Å². The second kappa shape index (κ2) is 12.6. The Bertz CT molecular complexity index is 1040. The quantitative estimate of drug-likeness (QED) is 0.306. The maximum absolute atomic E-state index is 3.98. The fourth-order valence-corrected chi connectivity index (χ4v) is 5.66. The van der Waals surface area contributed by atoms with Crippen LogP contribution < -0.4 is 15.9 Å². The number of nitrogens with zero attached hydrogens (tertiary/aromatic N) is 2. The standard InChI is InChI=1S/C18H15P.C10H10N2.ClH/c1-4-10-16(11-5-1)19(17-12-6-2-7-13-17)18-14-8-3-9-15-18;1-2-4-10(5-3-1)8-12-7-6-11-9-12;/h1-15H;1-7,9H,8H2;1H. The summed E-state index contributed by atoms with van der Waals surface area (Å²) in [6.07, 6.45) is 5.59. The summed E-state index contributed by atoms with van der Waals surface area (Å²) in [7, 11) is -0.446. The van der Waals surface area contributed by atoms with Gasteiger partial charge in [0.15, 0.2) is 0 Å². The highest BCUT2D eigenvalue weighted by Gasteiger charge is 2.14. The van der Waals surface area contributed by atoms with E-state index in [4.69, 9.17) is 0 Å². The molecule has 0 aliphatic rings. The number of benzene rings is 4. The van der Waals surface area contributed by atoms with Crippen LogP contribution in [0.3, 0.4) is 0 Å². The van der Waals surface area contributed by atoms with Gasteiger partial charge >= 0.3 is 0 Å². The molecule has 1 heterocycles. The van der Waals surface area contributed by atoms with E-state index >= 15 is 0 Å². The molecule has 2 nitrogen and oxygen atoms in total. The predicted molar refractivity (Wildman–Crippen MR) is 140 cm³/mol. The van der Waals surface area contributed by atoms with Gasteiger partial charge in [0.05, 0.1) is 6.33 Å². The zero-order chi connectivity index (χ0) is 21.1. The second-order valence-corrected chi connectivity index (χ2v) is 9.28. The van der Waals surface area contributed by atoms with Gasteiger partial charge in [0.1, 0.15) is 0 Å². The molecule has 0 aliphatic heterocycles. The van der Waals surface area contributed by atoms with Crippen LogP contribution in [0.15, 0.2) is 140 Å².